The van der Waals surface area contributed by atoms with E-state index >= 15 is 0 Å². The summed E-state index contributed by atoms with van der Waals surface area (Å²) in [4.78, 5) is 14.0. The Morgan fingerprint density at radius 3 is 2.82 bits per heavy atom. The molecule has 0 aromatic carbocycles. The Balaban J connectivity index is 2.28. The van der Waals surface area contributed by atoms with Gasteiger partial charge in [-0.25, -0.2) is 0 Å². The normalized spacial score (nSPS) is 19.9. The molecule has 1 atom stereocenters. The Morgan fingerprint density at radius 1 is 1.29 bits per heavy atom. The summed E-state index contributed by atoms with van der Waals surface area (Å²) >= 11 is 0. The second kappa shape index (κ2) is 8.51. The van der Waals surface area contributed by atoms with Crippen molar-refractivity contribution in [2.24, 2.45) is 5.92 Å². The molecule has 0 bridgehead atoms. The number of likely N-dealkylation sites (tertiary alicyclic amines) is 1. The van der Waals surface area contributed by atoms with E-state index in [-0.39, 0.29) is 0 Å². The monoisotopic (exact) mass is 240 g/mol. The molecule has 0 spiro atoms. The van der Waals surface area contributed by atoms with E-state index in [0.717, 1.165) is 39.0 Å². The molecule has 1 N–H and O–H groups in total. The molecule has 17 heavy (non-hydrogen) atoms. The first-order valence-electron chi connectivity index (χ1n) is 7.22. The van der Waals surface area contributed by atoms with Gasteiger partial charge in [-0.15, -0.1) is 0 Å². The highest BCUT2D eigenvalue weighted by Crippen LogP contribution is 2.13. The average Bonchev–Trinajstić information content (AvgIpc) is 2.29. The lowest BCUT2D eigenvalue weighted by Gasteiger charge is -2.27. The molecular formula is C14H28N2O. The largest absolute Gasteiger partial charge is 0.342 e. The first kappa shape index (κ1) is 14.5. The van der Waals surface area contributed by atoms with Gasteiger partial charge in [-0.1, -0.05) is 26.7 Å². The van der Waals surface area contributed by atoms with Crippen molar-refractivity contribution in [3.8, 4) is 0 Å². The predicted octanol–water partition coefficient (Wildman–Crippen LogP) is 2.41. The minimum Gasteiger partial charge on any atom is -0.342 e. The van der Waals surface area contributed by atoms with E-state index in [1.165, 1.54) is 25.7 Å². The Morgan fingerprint density at radius 2 is 2.06 bits per heavy atom. The molecule has 0 aliphatic carbocycles. The van der Waals surface area contributed by atoms with E-state index in [4.69, 9.17) is 0 Å². The van der Waals surface area contributed by atoms with Crippen LogP contribution >= 0.6 is 0 Å². The van der Waals surface area contributed by atoms with Crippen molar-refractivity contribution in [2.75, 3.05) is 26.2 Å². The molecule has 1 heterocycles. The number of amides is 1. The lowest BCUT2D eigenvalue weighted by atomic mass is 10.1. The molecular weight excluding hydrogens is 212 g/mol. The average molecular weight is 240 g/mol. The second-order valence-electron chi connectivity index (χ2n) is 5.31. The minimum atomic E-state index is 0.368. The molecule has 3 nitrogen and oxygen atoms in total. The summed E-state index contributed by atoms with van der Waals surface area (Å²) in [6, 6.07) is 0. The van der Waals surface area contributed by atoms with E-state index in [1.54, 1.807) is 0 Å². The zero-order valence-electron chi connectivity index (χ0n) is 11.5. The first-order valence-corrected chi connectivity index (χ1v) is 7.22. The third-order valence-corrected chi connectivity index (χ3v) is 3.37. The van der Waals surface area contributed by atoms with Crippen LogP contribution in [0.3, 0.4) is 0 Å². The molecule has 0 aromatic rings. The zero-order chi connectivity index (χ0) is 12.5. The van der Waals surface area contributed by atoms with E-state index in [2.05, 4.69) is 24.1 Å². The van der Waals surface area contributed by atoms with Crippen LogP contribution in [0.15, 0.2) is 0 Å². The predicted molar refractivity (Wildman–Crippen MR) is 72.0 cm³/mol. The number of nitrogens with zero attached hydrogens (tertiary/aromatic N) is 1. The zero-order valence-corrected chi connectivity index (χ0v) is 11.5. The second-order valence-corrected chi connectivity index (χ2v) is 5.31. The van der Waals surface area contributed by atoms with Gasteiger partial charge < -0.3 is 10.2 Å². The van der Waals surface area contributed by atoms with Crippen molar-refractivity contribution >= 4 is 5.91 Å². The van der Waals surface area contributed by atoms with Gasteiger partial charge in [0.15, 0.2) is 0 Å². The molecule has 100 valence electrons. The molecule has 1 aliphatic heterocycles. The van der Waals surface area contributed by atoms with Crippen LogP contribution in [0.1, 0.15) is 52.4 Å². The molecule has 0 aromatic heterocycles. The van der Waals surface area contributed by atoms with Crippen LogP contribution in [-0.4, -0.2) is 37.0 Å². The molecule has 1 amide bonds. The van der Waals surface area contributed by atoms with Gasteiger partial charge in [-0.3, -0.25) is 4.79 Å². The van der Waals surface area contributed by atoms with Gasteiger partial charge in [-0.05, 0) is 38.3 Å². The number of carbonyl (C=O) groups is 1. The smallest absolute Gasteiger partial charge is 0.222 e. The van der Waals surface area contributed by atoms with Crippen molar-refractivity contribution in [3.63, 3.8) is 0 Å². The van der Waals surface area contributed by atoms with Crippen molar-refractivity contribution in [1.29, 1.82) is 0 Å². The maximum atomic E-state index is 11.9. The highest BCUT2D eigenvalue weighted by Gasteiger charge is 2.17. The lowest BCUT2D eigenvalue weighted by Crippen LogP contribution is -2.38. The van der Waals surface area contributed by atoms with Gasteiger partial charge in [0.1, 0.15) is 0 Å². The summed E-state index contributed by atoms with van der Waals surface area (Å²) in [7, 11) is 0. The van der Waals surface area contributed by atoms with Crippen molar-refractivity contribution in [1.82, 2.24) is 10.2 Å². The maximum absolute atomic E-state index is 11.9. The molecule has 1 rings (SSSR count). The lowest BCUT2D eigenvalue weighted by molar-refractivity contribution is -0.132. The Bertz CT molecular complexity index is 218. The van der Waals surface area contributed by atoms with Gasteiger partial charge in [0.05, 0.1) is 0 Å². The number of nitrogens with one attached hydrogen (secondary N) is 1. The van der Waals surface area contributed by atoms with Gasteiger partial charge >= 0.3 is 0 Å². The van der Waals surface area contributed by atoms with Crippen LogP contribution in [0.4, 0.5) is 0 Å². The fourth-order valence-corrected chi connectivity index (χ4v) is 2.37. The van der Waals surface area contributed by atoms with E-state index in [0.29, 0.717) is 11.8 Å². The summed E-state index contributed by atoms with van der Waals surface area (Å²) in [6.45, 7) is 8.41. The van der Waals surface area contributed by atoms with Gasteiger partial charge in [0.25, 0.3) is 0 Å². The van der Waals surface area contributed by atoms with Gasteiger partial charge in [0.2, 0.25) is 5.91 Å². The van der Waals surface area contributed by atoms with E-state index in [9.17, 15) is 4.79 Å². The first-order chi connectivity index (χ1) is 8.24. The van der Waals surface area contributed by atoms with Crippen LogP contribution in [0.5, 0.6) is 0 Å². The number of carbonyl (C=O) groups excluding carboxylic acids is 1. The van der Waals surface area contributed by atoms with Crippen molar-refractivity contribution < 1.29 is 4.79 Å². The molecule has 0 radical (unpaired) electrons. The minimum absolute atomic E-state index is 0.368. The van der Waals surface area contributed by atoms with Gasteiger partial charge in [-0.2, -0.15) is 0 Å². The maximum Gasteiger partial charge on any atom is 0.222 e. The van der Waals surface area contributed by atoms with Crippen LogP contribution in [0.25, 0.3) is 0 Å². The van der Waals surface area contributed by atoms with Crippen LogP contribution in [0.2, 0.25) is 0 Å². The third kappa shape index (κ3) is 6.06. The topological polar surface area (TPSA) is 32.3 Å². The fourth-order valence-electron chi connectivity index (χ4n) is 2.37. The summed E-state index contributed by atoms with van der Waals surface area (Å²) in [5.74, 6) is 0.928. The van der Waals surface area contributed by atoms with Gasteiger partial charge in [0, 0.05) is 19.5 Å². The fraction of sp³-hybridized carbons (Fsp3) is 0.929. The van der Waals surface area contributed by atoms with E-state index in [1.807, 2.05) is 0 Å². The molecule has 0 saturated carbocycles. The number of hydrogen-bond acceptors (Lipinski definition) is 2. The number of hydrogen-bond donors (Lipinski definition) is 1. The quantitative estimate of drug-likeness (QED) is 0.723. The molecule has 1 unspecified atom stereocenters. The summed E-state index contributed by atoms with van der Waals surface area (Å²) in [5, 5.41) is 3.43. The standard InChI is InChI=1S/C14H28N2O/c1-3-9-15-11-13(2)12-16-10-7-5-4-6-8-14(16)17/h13,15H,3-12H2,1-2H3. The van der Waals surface area contributed by atoms with Crippen LogP contribution in [-0.2, 0) is 4.79 Å². The highest BCUT2D eigenvalue weighted by atomic mass is 16.2. The summed E-state index contributed by atoms with van der Waals surface area (Å²) in [6.07, 6.45) is 6.71. The summed E-state index contributed by atoms with van der Waals surface area (Å²) in [5.41, 5.74) is 0. The SMILES string of the molecule is CCCNCC(C)CN1CCCCCCC1=O. The molecule has 1 saturated heterocycles. The number of rotatable bonds is 6. The van der Waals surface area contributed by atoms with Crippen molar-refractivity contribution in [2.45, 2.75) is 52.4 Å². The highest BCUT2D eigenvalue weighted by molar-refractivity contribution is 5.76. The third-order valence-electron chi connectivity index (χ3n) is 3.37. The molecule has 1 fully saturated rings. The Hall–Kier alpha value is -0.570. The van der Waals surface area contributed by atoms with Crippen LogP contribution < -0.4 is 5.32 Å². The summed E-state index contributed by atoms with van der Waals surface area (Å²) < 4.78 is 0. The molecule has 3 heteroatoms. The Kier molecular flexibility index (Phi) is 7.25. The van der Waals surface area contributed by atoms with E-state index < -0.39 is 0 Å². The Labute approximate surface area is 106 Å². The van der Waals surface area contributed by atoms with Crippen molar-refractivity contribution in [3.05, 3.63) is 0 Å². The molecule has 1 aliphatic rings. The van der Waals surface area contributed by atoms with Crippen LogP contribution in [0, 0.1) is 5.92 Å².